The van der Waals surface area contributed by atoms with Gasteiger partial charge in [0, 0.05) is 0 Å². The van der Waals surface area contributed by atoms with Crippen LogP contribution in [0.3, 0.4) is 0 Å². The van der Waals surface area contributed by atoms with Gasteiger partial charge in [0.15, 0.2) is 9.84 Å². The number of rotatable bonds is 2. The highest BCUT2D eigenvalue weighted by Crippen LogP contribution is 2.14. The summed E-state index contributed by atoms with van der Waals surface area (Å²) < 4.78 is 22.5. The molecule has 0 aromatic carbocycles. The van der Waals surface area contributed by atoms with Gasteiger partial charge in [0.1, 0.15) is 17.0 Å². The highest BCUT2D eigenvalue weighted by Gasteiger charge is 2.15. The van der Waals surface area contributed by atoms with Crippen molar-refractivity contribution in [3.05, 3.63) is 12.5 Å². The van der Waals surface area contributed by atoms with Crippen molar-refractivity contribution in [1.82, 2.24) is 9.97 Å². The molecule has 0 radical (unpaired) electrons. The van der Waals surface area contributed by atoms with Crippen molar-refractivity contribution in [2.75, 3.05) is 11.5 Å². The van der Waals surface area contributed by atoms with Crippen LogP contribution < -0.4 is 5.73 Å². The van der Waals surface area contributed by atoms with Crippen LogP contribution in [-0.2, 0) is 9.84 Å². The van der Waals surface area contributed by atoms with Crippen molar-refractivity contribution in [3.8, 4) is 0 Å². The van der Waals surface area contributed by atoms with Crippen LogP contribution in [0.2, 0.25) is 0 Å². The summed E-state index contributed by atoms with van der Waals surface area (Å²) in [5, 5.41) is 0. The van der Waals surface area contributed by atoms with Crippen molar-refractivity contribution in [1.29, 1.82) is 0 Å². The molecule has 0 aliphatic carbocycles. The van der Waals surface area contributed by atoms with Crippen molar-refractivity contribution in [2.45, 2.75) is 11.8 Å². The lowest BCUT2D eigenvalue weighted by Gasteiger charge is -2.01. The Morgan fingerprint density at radius 2 is 2.25 bits per heavy atom. The largest absolute Gasteiger partial charge is 0.383 e. The van der Waals surface area contributed by atoms with Crippen LogP contribution in [0.15, 0.2) is 17.4 Å². The average molecular weight is 187 g/mol. The molecule has 1 rings (SSSR count). The van der Waals surface area contributed by atoms with Crippen molar-refractivity contribution in [3.63, 3.8) is 0 Å². The van der Waals surface area contributed by atoms with Crippen LogP contribution in [0, 0.1) is 0 Å². The molecule has 5 nitrogen and oxygen atoms in total. The molecule has 0 spiro atoms. The Balaban J connectivity index is 3.30. The fourth-order valence-corrected chi connectivity index (χ4v) is 1.63. The van der Waals surface area contributed by atoms with Crippen LogP contribution >= 0.6 is 0 Å². The lowest BCUT2D eigenvalue weighted by atomic mass is 10.6. The molecule has 1 aromatic rings. The smallest absolute Gasteiger partial charge is 0.183 e. The Hall–Kier alpha value is -1.17. The topological polar surface area (TPSA) is 85.9 Å². The average Bonchev–Trinajstić information content (AvgIpc) is 2.05. The minimum absolute atomic E-state index is 0.00454. The Morgan fingerprint density at radius 3 is 2.75 bits per heavy atom. The zero-order valence-corrected chi connectivity index (χ0v) is 7.37. The first-order valence-corrected chi connectivity index (χ1v) is 5.01. The lowest BCUT2D eigenvalue weighted by molar-refractivity contribution is 0.597. The first-order chi connectivity index (χ1) is 5.58. The normalized spacial score (nSPS) is 11.4. The third kappa shape index (κ3) is 1.53. The van der Waals surface area contributed by atoms with E-state index in [-0.39, 0.29) is 16.5 Å². The van der Waals surface area contributed by atoms with E-state index in [2.05, 4.69) is 9.97 Å². The Bertz CT molecular complexity index is 374. The number of aromatic nitrogens is 2. The van der Waals surface area contributed by atoms with Crippen LogP contribution in [0.1, 0.15) is 6.92 Å². The summed E-state index contributed by atoms with van der Waals surface area (Å²) in [7, 11) is -3.28. The van der Waals surface area contributed by atoms with Gasteiger partial charge in [-0.3, -0.25) is 0 Å². The van der Waals surface area contributed by atoms with Crippen molar-refractivity contribution < 1.29 is 8.42 Å². The van der Waals surface area contributed by atoms with E-state index < -0.39 is 9.84 Å². The molecule has 0 bridgehead atoms. The predicted octanol–water partition coefficient (Wildman–Crippen LogP) is -0.148. The standard InChI is InChI=1S/C6H9N3O2S/c1-2-12(10,11)5-3-8-4-9-6(5)7/h3-4H,2H2,1H3,(H2,7,8,9). The lowest BCUT2D eigenvalue weighted by Crippen LogP contribution is -2.08. The van der Waals surface area contributed by atoms with Gasteiger partial charge in [0.2, 0.25) is 0 Å². The third-order valence-electron chi connectivity index (χ3n) is 1.42. The monoisotopic (exact) mass is 187 g/mol. The molecule has 0 aliphatic rings. The highest BCUT2D eigenvalue weighted by molar-refractivity contribution is 7.91. The van der Waals surface area contributed by atoms with Crippen LogP contribution in [0.4, 0.5) is 5.82 Å². The minimum Gasteiger partial charge on any atom is -0.383 e. The number of anilines is 1. The maximum atomic E-state index is 11.3. The van der Waals surface area contributed by atoms with Gasteiger partial charge in [-0.25, -0.2) is 18.4 Å². The summed E-state index contributed by atoms with van der Waals surface area (Å²) in [6.45, 7) is 1.54. The van der Waals surface area contributed by atoms with Gasteiger partial charge < -0.3 is 5.73 Å². The van der Waals surface area contributed by atoms with Gasteiger partial charge in [0.05, 0.1) is 11.9 Å². The van der Waals surface area contributed by atoms with Gasteiger partial charge in [-0.2, -0.15) is 0 Å². The maximum absolute atomic E-state index is 11.3. The van der Waals surface area contributed by atoms with E-state index in [0.717, 1.165) is 0 Å². The number of sulfone groups is 1. The number of nitrogens with two attached hydrogens (primary N) is 1. The van der Waals surface area contributed by atoms with E-state index in [4.69, 9.17) is 5.73 Å². The molecular formula is C6H9N3O2S. The fraction of sp³-hybridized carbons (Fsp3) is 0.333. The molecule has 0 unspecified atom stereocenters. The molecule has 66 valence electrons. The summed E-state index contributed by atoms with van der Waals surface area (Å²) in [4.78, 5) is 7.18. The summed E-state index contributed by atoms with van der Waals surface area (Å²) in [5.41, 5.74) is 5.35. The molecule has 1 aromatic heterocycles. The number of hydrogen-bond acceptors (Lipinski definition) is 5. The Labute approximate surface area is 70.6 Å². The van der Waals surface area contributed by atoms with E-state index in [1.807, 2.05) is 0 Å². The van der Waals surface area contributed by atoms with Crippen molar-refractivity contribution >= 4 is 15.7 Å². The Kier molecular flexibility index (Phi) is 2.27. The van der Waals surface area contributed by atoms with Gasteiger partial charge in [-0.1, -0.05) is 6.92 Å². The third-order valence-corrected chi connectivity index (χ3v) is 3.17. The summed E-state index contributed by atoms with van der Waals surface area (Å²) in [6, 6.07) is 0. The first kappa shape index (κ1) is 8.92. The predicted molar refractivity (Wildman–Crippen MR) is 44.2 cm³/mol. The second-order valence-corrected chi connectivity index (χ2v) is 4.42. The van der Waals surface area contributed by atoms with E-state index in [9.17, 15) is 8.42 Å². The molecular weight excluding hydrogens is 178 g/mol. The summed E-state index contributed by atoms with van der Waals surface area (Å²) in [5.74, 6) is 0.0109. The van der Waals surface area contributed by atoms with E-state index in [1.165, 1.54) is 12.5 Å². The number of nitrogens with zero attached hydrogens (tertiary/aromatic N) is 2. The highest BCUT2D eigenvalue weighted by atomic mass is 32.2. The zero-order chi connectivity index (χ0) is 9.19. The van der Waals surface area contributed by atoms with Gasteiger partial charge in [-0.05, 0) is 0 Å². The summed E-state index contributed by atoms with van der Waals surface area (Å²) >= 11 is 0. The van der Waals surface area contributed by atoms with E-state index in [1.54, 1.807) is 6.92 Å². The van der Waals surface area contributed by atoms with Crippen molar-refractivity contribution in [2.24, 2.45) is 0 Å². The second-order valence-electron chi connectivity index (χ2n) is 2.18. The minimum atomic E-state index is -3.28. The molecule has 0 atom stereocenters. The molecule has 6 heteroatoms. The van der Waals surface area contributed by atoms with Crippen LogP contribution in [0.5, 0.6) is 0 Å². The number of hydrogen-bond donors (Lipinski definition) is 1. The summed E-state index contributed by atoms with van der Waals surface area (Å²) in [6.07, 6.45) is 2.42. The molecule has 0 amide bonds. The molecule has 0 aliphatic heterocycles. The van der Waals surface area contributed by atoms with Crippen LogP contribution in [-0.4, -0.2) is 24.1 Å². The van der Waals surface area contributed by atoms with Crippen LogP contribution in [0.25, 0.3) is 0 Å². The fourth-order valence-electron chi connectivity index (χ4n) is 0.721. The van der Waals surface area contributed by atoms with Gasteiger partial charge >= 0.3 is 0 Å². The number of nitrogen functional groups attached to an aromatic ring is 1. The van der Waals surface area contributed by atoms with E-state index >= 15 is 0 Å². The molecule has 0 saturated carbocycles. The molecule has 1 heterocycles. The Morgan fingerprint density at radius 1 is 1.58 bits per heavy atom. The molecule has 0 saturated heterocycles. The maximum Gasteiger partial charge on any atom is 0.183 e. The molecule has 12 heavy (non-hydrogen) atoms. The van der Waals surface area contributed by atoms with E-state index in [0.29, 0.717) is 0 Å². The second kappa shape index (κ2) is 3.06. The van der Waals surface area contributed by atoms with Gasteiger partial charge in [0.25, 0.3) is 0 Å². The quantitative estimate of drug-likeness (QED) is 0.696. The molecule has 2 N–H and O–H groups in total. The zero-order valence-electron chi connectivity index (χ0n) is 6.56. The van der Waals surface area contributed by atoms with Gasteiger partial charge in [-0.15, -0.1) is 0 Å². The SMILES string of the molecule is CCS(=O)(=O)c1cncnc1N. The molecule has 0 fully saturated rings. The first-order valence-electron chi connectivity index (χ1n) is 3.36.